The Bertz CT molecular complexity index is 413. The summed E-state index contributed by atoms with van der Waals surface area (Å²) in [5.41, 5.74) is -0.140. The number of methoxy groups -OCH3 is 1. The molecule has 98 valence electrons. The van der Waals surface area contributed by atoms with Crippen LogP contribution in [0.15, 0.2) is 18.3 Å². The van der Waals surface area contributed by atoms with E-state index in [2.05, 4.69) is 10.3 Å². The minimum Gasteiger partial charge on any atom is -0.478 e. The van der Waals surface area contributed by atoms with E-state index in [1.165, 1.54) is 12.3 Å². The predicted octanol–water partition coefficient (Wildman–Crippen LogP) is 0.997. The van der Waals surface area contributed by atoms with Crippen molar-refractivity contribution in [2.24, 2.45) is 0 Å². The van der Waals surface area contributed by atoms with Crippen LogP contribution >= 0.6 is 0 Å². The van der Waals surface area contributed by atoms with Crippen molar-refractivity contribution in [2.75, 3.05) is 32.2 Å². The van der Waals surface area contributed by atoms with Crippen LogP contribution in [0.2, 0.25) is 0 Å². The molecule has 2 rings (SSSR count). The molecule has 6 nitrogen and oxygen atoms in total. The third-order valence-corrected chi connectivity index (χ3v) is 3.10. The van der Waals surface area contributed by atoms with E-state index in [1.54, 1.807) is 13.2 Å². The molecule has 6 heteroatoms. The Labute approximate surface area is 105 Å². The van der Waals surface area contributed by atoms with Gasteiger partial charge in [0.15, 0.2) is 0 Å². The standard InChI is InChI=1S/C12H16N2O4/c1-17-12(4-5-18-8-12)7-14-10-3-2-9(6-13-10)11(15)16/h2-3,6H,4-5,7-8H2,1H3,(H,13,14)(H,15,16). The number of carbonyl (C=O) groups is 1. The van der Waals surface area contributed by atoms with E-state index in [4.69, 9.17) is 14.6 Å². The number of nitrogens with zero attached hydrogens (tertiary/aromatic N) is 1. The number of aromatic nitrogens is 1. The number of rotatable bonds is 5. The van der Waals surface area contributed by atoms with E-state index in [0.717, 1.165) is 6.42 Å². The van der Waals surface area contributed by atoms with Crippen LogP contribution in [-0.4, -0.2) is 48.5 Å². The molecule has 0 radical (unpaired) electrons. The van der Waals surface area contributed by atoms with Crippen molar-refractivity contribution in [3.63, 3.8) is 0 Å². The normalized spacial score (nSPS) is 22.9. The number of anilines is 1. The highest BCUT2D eigenvalue weighted by atomic mass is 16.5. The molecule has 1 aliphatic rings. The molecule has 1 atom stereocenters. The van der Waals surface area contributed by atoms with Crippen molar-refractivity contribution in [1.82, 2.24) is 4.98 Å². The topological polar surface area (TPSA) is 80.7 Å². The maximum atomic E-state index is 10.7. The first-order valence-electron chi connectivity index (χ1n) is 5.71. The molecule has 1 saturated heterocycles. The largest absolute Gasteiger partial charge is 0.478 e. The third-order valence-electron chi connectivity index (χ3n) is 3.10. The van der Waals surface area contributed by atoms with Gasteiger partial charge < -0.3 is 19.9 Å². The van der Waals surface area contributed by atoms with Crippen molar-refractivity contribution < 1.29 is 19.4 Å². The molecule has 0 saturated carbocycles. The van der Waals surface area contributed by atoms with Gasteiger partial charge in [-0.15, -0.1) is 0 Å². The highest BCUT2D eigenvalue weighted by Gasteiger charge is 2.34. The van der Waals surface area contributed by atoms with Gasteiger partial charge in [0.25, 0.3) is 0 Å². The van der Waals surface area contributed by atoms with Crippen LogP contribution in [0.1, 0.15) is 16.8 Å². The summed E-state index contributed by atoms with van der Waals surface area (Å²) in [7, 11) is 1.66. The van der Waals surface area contributed by atoms with Crippen LogP contribution in [-0.2, 0) is 9.47 Å². The van der Waals surface area contributed by atoms with Crippen LogP contribution in [0.4, 0.5) is 5.82 Å². The first kappa shape index (κ1) is 12.8. The lowest BCUT2D eigenvalue weighted by Crippen LogP contribution is -2.39. The Morgan fingerprint density at radius 3 is 3.00 bits per heavy atom. The van der Waals surface area contributed by atoms with Crippen LogP contribution in [0.25, 0.3) is 0 Å². The summed E-state index contributed by atoms with van der Waals surface area (Å²) < 4.78 is 10.8. The average molecular weight is 252 g/mol. The molecule has 1 aromatic heterocycles. The van der Waals surface area contributed by atoms with Gasteiger partial charge >= 0.3 is 5.97 Å². The van der Waals surface area contributed by atoms with Crippen molar-refractivity contribution in [3.05, 3.63) is 23.9 Å². The van der Waals surface area contributed by atoms with Gasteiger partial charge in [0.2, 0.25) is 0 Å². The second-order valence-corrected chi connectivity index (χ2v) is 4.28. The first-order valence-corrected chi connectivity index (χ1v) is 5.71. The van der Waals surface area contributed by atoms with Gasteiger partial charge in [0.05, 0.1) is 12.2 Å². The lowest BCUT2D eigenvalue weighted by molar-refractivity contribution is -0.00625. The summed E-state index contributed by atoms with van der Waals surface area (Å²) in [6.07, 6.45) is 2.17. The second kappa shape index (κ2) is 5.32. The van der Waals surface area contributed by atoms with Crippen LogP contribution < -0.4 is 5.32 Å². The lowest BCUT2D eigenvalue weighted by atomic mass is 10.0. The van der Waals surface area contributed by atoms with E-state index >= 15 is 0 Å². The smallest absolute Gasteiger partial charge is 0.337 e. The van der Waals surface area contributed by atoms with E-state index in [-0.39, 0.29) is 11.2 Å². The third kappa shape index (κ3) is 2.77. The predicted molar refractivity (Wildman–Crippen MR) is 64.9 cm³/mol. The lowest BCUT2D eigenvalue weighted by Gasteiger charge is -2.26. The molecule has 1 aromatic rings. The van der Waals surface area contributed by atoms with Crippen molar-refractivity contribution in [3.8, 4) is 0 Å². The SMILES string of the molecule is COC1(CNc2ccc(C(=O)O)cn2)CCOC1. The molecule has 0 bridgehead atoms. The van der Waals surface area contributed by atoms with Crippen molar-refractivity contribution in [2.45, 2.75) is 12.0 Å². The molecule has 0 aromatic carbocycles. The van der Waals surface area contributed by atoms with E-state index in [9.17, 15) is 4.79 Å². The Balaban J connectivity index is 1.95. The molecular formula is C12H16N2O4. The van der Waals surface area contributed by atoms with Gasteiger partial charge in [-0.05, 0) is 12.1 Å². The average Bonchev–Trinajstić information content (AvgIpc) is 2.86. The van der Waals surface area contributed by atoms with Crippen LogP contribution in [0.3, 0.4) is 0 Å². The van der Waals surface area contributed by atoms with Crippen LogP contribution in [0, 0.1) is 0 Å². The fourth-order valence-electron chi connectivity index (χ4n) is 1.84. The van der Waals surface area contributed by atoms with Crippen molar-refractivity contribution >= 4 is 11.8 Å². The van der Waals surface area contributed by atoms with Gasteiger partial charge in [0.1, 0.15) is 11.4 Å². The number of pyridine rings is 1. The summed E-state index contributed by atoms with van der Waals surface area (Å²) in [5.74, 6) is -0.352. The van der Waals surface area contributed by atoms with Gasteiger partial charge in [-0.3, -0.25) is 0 Å². The molecule has 0 spiro atoms. The minimum absolute atomic E-state index is 0.172. The molecule has 0 aliphatic carbocycles. The number of aromatic carboxylic acids is 1. The number of carboxylic acids is 1. The summed E-state index contributed by atoms with van der Waals surface area (Å²) in [6.45, 7) is 1.84. The number of carboxylic acid groups (broad SMARTS) is 1. The van der Waals surface area contributed by atoms with Crippen LogP contribution in [0.5, 0.6) is 0 Å². The fourth-order valence-corrected chi connectivity index (χ4v) is 1.84. The summed E-state index contributed by atoms with van der Waals surface area (Å²) >= 11 is 0. The Morgan fingerprint density at radius 1 is 1.67 bits per heavy atom. The van der Waals surface area contributed by atoms with Crippen molar-refractivity contribution in [1.29, 1.82) is 0 Å². The zero-order valence-corrected chi connectivity index (χ0v) is 10.2. The molecule has 1 unspecified atom stereocenters. The Kier molecular flexibility index (Phi) is 3.78. The molecule has 2 N–H and O–H groups in total. The summed E-state index contributed by atoms with van der Waals surface area (Å²) in [5, 5.41) is 11.9. The molecular weight excluding hydrogens is 236 g/mol. The minimum atomic E-state index is -0.980. The van der Waals surface area contributed by atoms with E-state index in [0.29, 0.717) is 25.6 Å². The molecule has 1 fully saturated rings. The second-order valence-electron chi connectivity index (χ2n) is 4.28. The molecule has 0 amide bonds. The van der Waals surface area contributed by atoms with Gasteiger partial charge in [-0.25, -0.2) is 9.78 Å². The Morgan fingerprint density at radius 2 is 2.50 bits per heavy atom. The maximum Gasteiger partial charge on any atom is 0.337 e. The zero-order valence-electron chi connectivity index (χ0n) is 10.2. The highest BCUT2D eigenvalue weighted by Crippen LogP contribution is 2.22. The number of hydrogen-bond donors (Lipinski definition) is 2. The zero-order chi connectivity index (χ0) is 13.0. The highest BCUT2D eigenvalue weighted by molar-refractivity contribution is 5.87. The van der Waals surface area contributed by atoms with E-state index < -0.39 is 5.97 Å². The monoisotopic (exact) mass is 252 g/mol. The quantitative estimate of drug-likeness (QED) is 0.813. The van der Waals surface area contributed by atoms with E-state index in [1.807, 2.05) is 0 Å². The van der Waals surface area contributed by atoms with Gasteiger partial charge in [0, 0.05) is 32.9 Å². The summed E-state index contributed by atoms with van der Waals surface area (Å²) in [6, 6.07) is 3.16. The van der Waals surface area contributed by atoms with Gasteiger partial charge in [-0.1, -0.05) is 0 Å². The maximum absolute atomic E-state index is 10.7. The first-order chi connectivity index (χ1) is 8.65. The summed E-state index contributed by atoms with van der Waals surface area (Å²) in [4.78, 5) is 14.7. The Hall–Kier alpha value is -1.66. The molecule has 18 heavy (non-hydrogen) atoms. The number of ether oxygens (including phenoxy) is 2. The molecule has 1 aliphatic heterocycles. The van der Waals surface area contributed by atoms with Gasteiger partial charge in [-0.2, -0.15) is 0 Å². The number of hydrogen-bond acceptors (Lipinski definition) is 5. The molecule has 2 heterocycles. The fraction of sp³-hybridized carbons (Fsp3) is 0.500. The number of nitrogens with one attached hydrogen (secondary N) is 1.